The number of nitrogens with one attached hydrogen (secondary N) is 3. The van der Waals surface area contributed by atoms with Crippen molar-refractivity contribution in [3.05, 3.63) is 84.9 Å². The van der Waals surface area contributed by atoms with Gasteiger partial charge in [0.1, 0.15) is 17.3 Å². The molecule has 194 valence electrons. The number of amides is 1. The Labute approximate surface area is 223 Å². The Hall–Kier alpha value is -5.02. The molecule has 6 aromatic rings. The number of aromatic nitrogens is 4. The van der Waals surface area contributed by atoms with Crippen LogP contribution < -0.4 is 5.32 Å². The van der Waals surface area contributed by atoms with E-state index in [1.54, 1.807) is 23.4 Å². The number of carbonyl (C=O) groups is 1. The van der Waals surface area contributed by atoms with Crippen LogP contribution in [0.3, 0.4) is 0 Å². The standard InChI is InChI=1S/C30H25FN6O2/c1-37(2)16-29(39)33-21-9-19(14-32-15-21)17-6-7-27-25(11-17)30(36-35-27)28-13-24-23(4-3-5-26(24)34-28)18-8-20(31)12-22(38)10-18/h3-15,34,38H,16H2,1-2H3,(H,33,39)(H,35,36). The topological polar surface area (TPSA) is 110 Å². The number of hydrogen-bond acceptors (Lipinski definition) is 5. The van der Waals surface area contributed by atoms with Gasteiger partial charge in [-0.05, 0) is 73.3 Å². The molecule has 3 heterocycles. The van der Waals surface area contributed by atoms with Gasteiger partial charge in [-0.15, -0.1) is 0 Å². The molecule has 0 aliphatic heterocycles. The van der Waals surface area contributed by atoms with E-state index in [2.05, 4.69) is 25.5 Å². The average molecular weight is 521 g/mol. The number of phenols is 1. The third kappa shape index (κ3) is 4.83. The lowest BCUT2D eigenvalue weighted by atomic mass is 10.0. The fourth-order valence-electron chi connectivity index (χ4n) is 4.82. The van der Waals surface area contributed by atoms with Crippen molar-refractivity contribution in [1.82, 2.24) is 25.1 Å². The second-order valence-electron chi connectivity index (χ2n) is 9.73. The third-order valence-corrected chi connectivity index (χ3v) is 6.49. The quantitative estimate of drug-likeness (QED) is 0.222. The molecule has 0 saturated heterocycles. The van der Waals surface area contributed by atoms with Crippen molar-refractivity contribution in [3.63, 3.8) is 0 Å². The van der Waals surface area contributed by atoms with Gasteiger partial charge >= 0.3 is 0 Å². The maximum Gasteiger partial charge on any atom is 0.238 e. The van der Waals surface area contributed by atoms with Crippen LogP contribution in [-0.2, 0) is 4.79 Å². The highest BCUT2D eigenvalue weighted by atomic mass is 19.1. The first kappa shape index (κ1) is 24.3. The lowest BCUT2D eigenvalue weighted by Gasteiger charge is -2.11. The number of H-pyrrole nitrogens is 2. The molecule has 0 saturated carbocycles. The van der Waals surface area contributed by atoms with Gasteiger partial charge in [-0.1, -0.05) is 18.2 Å². The SMILES string of the molecule is CN(C)CC(=O)Nc1cncc(-c2ccc3[nH]nc(-c4cc5c(-c6cc(O)cc(F)c6)cccc5[nH]4)c3c2)c1. The van der Waals surface area contributed by atoms with Gasteiger partial charge in [0.25, 0.3) is 0 Å². The number of pyridine rings is 1. The summed E-state index contributed by atoms with van der Waals surface area (Å²) in [6.07, 6.45) is 3.38. The first-order chi connectivity index (χ1) is 18.8. The van der Waals surface area contributed by atoms with Gasteiger partial charge < -0.3 is 20.3 Å². The number of likely N-dealkylation sites (N-methyl/N-ethyl adjacent to an activating group) is 1. The molecule has 8 nitrogen and oxygen atoms in total. The third-order valence-electron chi connectivity index (χ3n) is 6.49. The largest absolute Gasteiger partial charge is 0.508 e. The Morgan fingerprint density at radius 2 is 1.82 bits per heavy atom. The highest BCUT2D eigenvalue weighted by Gasteiger charge is 2.15. The van der Waals surface area contributed by atoms with E-state index in [-0.39, 0.29) is 18.2 Å². The van der Waals surface area contributed by atoms with Gasteiger partial charge in [0.15, 0.2) is 0 Å². The number of nitrogens with zero attached hydrogens (tertiary/aromatic N) is 3. The zero-order valence-electron chi connectivity index (χ0n) is 21.3. The maximum atomic E-state index is 14.0. The average Bonchev–Trinajstić information content (AvgIpc) is 3.51. The monoisotopic (exact) mass is 520 g/mol. The van der Waals surface area contributed by atoms with E-state index in [4.69, 9.17) is 0 Å². The molecule has 0 fully saturated rings. The molecule has 0 aliphatic rings. The summed E-state index contributed by atoms with van der Waals surface area (Å²) in [5, 5.41) is 22.3. The molecule has 9 heteroatoms. The van der Waals surface area contributed by atoms with Crippen molar-refractivity contribution in [2.75, 3.05) is 26.0 Å². The van der Waals surface area contributed by atoms with Crippen molar-refractivity contribution in [2.24, 2.45) is 0 Å². The van der Waals surface area contributed by atoms with E-state index in [0.717, 1.165) is 56.0 Å². The number of anilines is 1. The van der Waals surface area contributed by atoms with Crippen LogP contribution in [0.2, 0.25) is 0 Å². The molecule has 0 aliphatic carbocycles. The number of aromatic hydroxyl groups is 1. The summed E-state index contributed by atoms with van der Waals surface area (Å²) in [6.45, 7) is 0.279. The molecule has 1 amide bonds. The smallest absolute Gasteiger partial charge is 0.238 e. The Morgan fingerprint density at radius 3 is 2.64 bits per heavy atom. The van der Waals surface area contributed by atoms with E-state index in [0.29, 0.717) is 11.3 Å². The van der Waals surface area contributed by atoms with Crippen LogP contribution in [0.1, 0.15) is 0 Å². The summed E-state index contributed by atoms with van der Waals surface area (Å²) in [7, 11) is 3.68. The molecule has 0 radical (unpaired) electrons. The van der Waals surface area contributed by atoms with Crippen molar-refractivity contribution in [2.45, 2.75) is 0 Å². The minimum absolute atomic E-state index is 0.113. The summed E-state index contributed by atoms with van der Waals surface area (Å²) >= 11 is 0. The van der Waals surface area contributed by atoms with Crippen LogP contribution in [0, 0.1) is 5.82 Å². The molecule has 39 heavy (non-hydrogen) atoms. The molecule has 0 spiro atoms. The van der Waals surface area contributed by atoms with Crippen LogP contribution in [0.5, 0.6) is 5.75 Å². The van der Waals surface area contributed by atoms with Gasteiger partial charge in [0, 0.05) is 34.1 Å². The first-order valence-corrected chi connectivity index (χ1v) is 12.3. The molecule has 0 bridgehead atoms. The number of benzene rings is 3. The van der Waals surface area contributed by atoms with E-state index < -0.39 is 5.82 Å². The summed E-state index contributed by atoms with van der Waals surface area (Å²) in [5.74, 6) is -0.739. The Morgan fingerprint density at radius 1 is 0.949 bits per heavy atom. The predicted octanol–water partition coefficient (Wildman–Crippen LogP) is 5.79. The fourth-order valence-corrected chi connectivity index (χ4v) is 4.82. The van der Waals surface area contributed by atoms with Crippen molar-refractivity contribution < 1.29 is 14.3 Å². The van der Waals surface area contributed by atoms with E-state index in [1.807, 2.05) is 62.6 Å². The number of phenolic OH excluding ortho intramolecular Hbond substituents is 1. The Kier molecular flexibility index (Phi) is 6.05. The first-order valence-electron chi connectivity index (χ1n) is 12.3. The van der Waals surface area contributed by atoms with Gasteiger partial charge in [0.2, 0.25) is 5.91 Å². The minimum atomic E-state index is -0.501. The van der Waals surface area contributed by atoms with Crippen molar-refractivity contribution >= 4 is 33.4 Å². The minimum Gasteiger partial charge on any atom is -0.508 e. The van der Waals surface area contributed by atoms with Crippen molar-refractivity contribution in [1.29, 1.82) is 0 Å². The lowest BCUT2D eigenvalue weighted by molar-refractivity contribution is -0.116. The normalized spacial score (nSPS) is 11.5. The number of hydrogen-bond donors (Lipinski definition) is 4. The summed E-state index contributed by atoms with van der Waals surface area (Å²) in [4.78, 5) is 21.8. The number of fused-ring (bicyclic) bond motifs is 2. The molecule has 0 atom stereocenters. The molecular weight excluding hydrogens is 495 g/mol. The van der Waals surface area contributed by atoms with Crippen LogP contribution >= 0.6 is 0 Å². The van der Waals surface area contributed by atoms with E-state index in [1.165, 1.54) is 6.07 Å². The fraction of sp³-hybridized carbons (Fsp3) is 0.100. The van der Waals surface area contributed by atoms with Gasteiger partial charge in [-0.3, -0.25) is 14.9 Å². The Balaban J connectivity index is 1.39. The number of rotatable bonds is 6. The summed E-state index contributed by atoms with van der Waals surface area (Å²) in [5.41, 5.74) is 7.05. The molecule has 6 rings (SSSR count). The number of aromatic amines is 2. The van der Waals surface area contributed by atoms with Crippen LogP contribution in [0.15, 0.2) is 79.1 Å². The second kappa shape index (κ2) is 9.70. The van der Waals surface area contributed by atoms with E-state index in [9.17, 15) is 14.3 Å². The van der Waals surface area contributed by atoms with Crippen LogP contribution in [0.25, 0.3) is 55.4 Å². The van der Waals surface area contributed by atoms with Crippen LogP contribution in [0.4, 0.5) is 10.1 Å². The predicted molar refractivity (Wildman–Crippen MR) is 151 cm³/mol. The molecule has 3 aromatic carbocycles. The highest BCUT2D eigenvalue weighted by Crippen LogP contribution is 2.36. The molecule has 3 aromatic heterocycles. The molecule has 0 unspecified atom stereocenters. The molecule has 4 N–H and O–H groups in total. The van der Waals surface area contributed by atoms with Gasteiger partial charge in [-0.2, -0.15) is 5.10 Å². The van der Waals surface area contributed by atoms with Gasteiger partial charge in [0.05, 0.1) is 29.6 Å². The van der Waals surface area contributed by atoms with Gasteiger partial charge in [-0.25, -0.2) is 4.39 Å². The van der Waals surface area contributed by atoms with Crippen LogP contribution in [-0.4, -0.2) is 56.7 Å². The zero-order valence-corrected chi connectivity index (χ0v) is 21.3. The van der Waals surface area contributed by atoms with Crippen molar-refractivity contribution in [3.8, 4) is 39.4 Å². The Bertz CT molecular complexity index is 1840. The summed E-state index contributed by atoms with van der Waals surface area (Å²) < 4.78 is 14.0. The van der Waals surface area contributed by atoms with E-state index >= 15 is 0 Å². The lowest BCUT2D eigenvalue weighted by Crippen LogP contribution is -2.27. The summed E-state index contributed by atoms with van der Waals surface area (Å²) in [6, 6.07) is 19.6. The molecular formula is C30H25FN6O2. The zero-order chi connectivity index (χ0) is 27.1. The maximum absolute atomic E-state index is 14.0. The number of halogens is 1. The highest BCUT2D eigenvalue weighted by molar-refractivity contribution is 6.02. The number of carbonyl (C=O) groups excluding carboxylic acids is 1. The second-order valence-corrected chi connectivity index (χ2v) is 9.73.